The van der Waals surface area contributed by atoms with E-state index >= 15 is 0 Å². The number of carbonyl (C=O) groups is 3. The van der Waals surface area contributed by atoms with Crippen molar-refractivity contribution < 1.29 is 29.0 Å². The highest BCUT2D eigenvalue weighted by Gasteiger charge is 2.40. The minimum atomic E-state index is -1.36. The first-order valence-corrected chi connectivity index (χ1v) is 10.4. The van der Waals surface area contributed by atoms with E-state index in [0.717, 1.165) is 16.7 Å². The number of aliphatic carboxylic acids is 2. The van der Waals surface area contributed by atoms with E-state index in [4.69, 9.17) is 44.9 Å². The molecule has 2 heterocycles. The van der Waals surface area contributed by atoms with Crippen molar-refractivity contribution in [3.8, 4) is 11.3 Å². The third-order valence-corrected chi connectivity index (χ3v) is 6.32. The fraction of sp³-hybridized carbons (Fsp3) is 0.158. The molecule has 7 nitrogen and oxygen atoms in total. The van der Waals surface area contributed by atoms with E-state index in [-0.39, 0.29) is 15.6 Å². The number of hydrogen-bond acceptors (Lipinski definition) is 6. The van der Waals surface area contributed by atoms with Crippen molar-refractivity contribution in [2.75, 3.05) is 0 Å². The van der Waals surface area contributed by atoms with Crippen LogP contribution < -0.4 is 0 Å². The molecule has 0 spiro atoms. The molecule has 1 atom stereocenters. The Bertz CT molecular complexity index is 1080. The van der Waals surface area contributed by atoms with Gasteiger partial charge >= 0.3 is 11.9 Å². The number of carboxylic acids is 2. The lowest BCUT2D eigenvalue weighted by Crippen LogP contribution is -2.44. The Morgan fingerprint density at radius 3 is 2.63 bits per heavy atom. The van der Waals surface area contributed by atoms with Gasteiger partial charge in [0.05, 0.1) is 15.0 Å². The Morgan fingerprint density at radius 2 is 1.97 bits per heavy atom. The van der Waals surface area contributed by atoms with Gasteiger partial charge in [0.1, 0.15) is 21.9 Å². The van der Waals surface area contributed by atoms with Gasteiger partial charge in [-0.05, 0) is 30.7 Å². The van der Waals surface area contributed by atoms with E-state index < -0.39 is 30.3 Å². The van der Waals surface area contributed by atoms with Crippen molar-refractivity contribution in [1.29, 1.82) is 0 Å². The van der Waals surface area contributed by atoms with Gasteiger partial charge in [0, 0.05) is 18.1 Å². The number of furan rings is 1. The molecule has 1 aliphatic heterocycles. The summed E-state index contributed by atoms with van der Waals surface area (Å²) in [6.45, 7) is 0. The van der Waals surface area contributed by atoms with E-state index in [1.54, 1.807) is 30.3 Å². The highest BCUT2D eigenvalue weighted by molar-refractivity contribution is 8.26. The molecular formula is C19H13Cl2NO6S2. The third kappa shape index (κ3) is 4.70. The minimum absolute atomic E-state index is 0.0358. The molecule has 1 fully saturated rings. The second-order valence-electron chi connectivity index (χ2n) is 6.14. The topological polar surface area (TPSA) is 108 Å². The Balaban J connectivity index is 1.85. The summed E-state index contributed by atoms with van der Waals surface area (Å²) in [6.07, 6.45) is 0.773. The van der Waals surface area contributed by atoms with Gasteiger partial charge in [-0.25, -0.2) is 4.79 Å². The molecule has 1 amide bonds. The molecule has 2 aromatic rings. The number of carbonyl (C=O) groups excluding carboxylic acids is 1. The maximum Gasteiger partial charge on any atom is 0.326 e. The summed E-state index contributed by atoms with van der Waals surface area (Å²) in [5.41, 5.74) is 0.580. The van der Waals surface area contributed by atoms with Crippen molar-refractivity contribution in [3.05, 3.63) is 51.0 Å². The molecule has 1 aliphatic rings. The molecule has 2 N–H and O–H groups in total. The molecule has 1 aromatic carbocycles. The number of thioether (sulfide) groups is 1. The highest BCUT2D eigenvalue weighted by atomic mass is 35.5. The van der Waals surface area contributed by atoms with Gasteiger partial charge in [-0.2, -0.15) is 0 Å². The fourth-order valence-corrected chi connectivity index (χ4v) is 4.50. The lowest BCUT2D eigenvalue weighted by molar-refractivity contribution is -0.146. The van der Waals surface area contributed by atoms with Gasteiger partial charge in [0.25, 0.3) is 5.91 Å². The average Bonchev–Trinajstić information content (AvgIpc) is 3.23. The van der Waals surface area contributed by atoms with Crippen molar-refractivity contribution >= 4 is 75.4 Å². The maximum atomic E-state index is 12.7. The summed E-state index contributed by atoms with van der Waals surface area (Å²) in [5, 5.41) is 18.9. The Kier molecular flexibility index (Phi) is 6.87. The summed E-state index contributed by atoms with van der Waals surface area (Å²) in [6, 6.07) is 7.02. The lowest BCUT2D eigenvalue weighted by Gasteiger charge is -2.22. The summed E-state index contributed by atoms with van der Waals surface area (Å²) in [5.74, 6) is -2.34. The van der Waals surface area contributed by atoms with Gasteiger partial charge in [-0.3, -0.25) is 14.5 Å². The minimum Gasteiger partial charge on any atom is -0.481 e. The predicted octanol–water partition coefficient (Wildman–Crippen LogP) is 4.77. The molecule has 156 valence electrons. The Hall–Kier alpha value is -2.33. The van der Waals surface area contributed by atoms with Crippen LogP contribution in [0.1, 0.15) is 18.6 Å². The first-order chi connectivity index (χ1) is 14.2. The van der Waals surface area contributed by atoms with Crippen LogP contribution in [0.25, 0.3) is 17.4 Å². The fourth-order valence-electron chi connectivity index (χ4n) is 2.77. The zero-order chi connectivity index (χ0) is 22.0. The number of thiocarbonyl (C=S) groups is 1. The van der Waals surface area contributed by atoms with Crippen LogP contribution in [0.15, 0.2) is 39.7 Å². The van der Waals surface area contributed by atoms with Gasteiger partial charge in [0.2, 0.25) is 0 Å². The van der Waals surface area contributed by atoms with Crippen LogP contribution in [0.5, 0.6) is 0 Å². The van der Waals surface area contributed by atoms with Crippen molar-refractivity contribution in [1.82, 2.24) is 4.90 Å². The van der Waals surface area contributed by atoms with E-state index in [1.807, 2.05) is 0 Å². The van der Waals surface area contributed by atoms with Gasteiger partial charge in [-0.15, -0.1) is 0 Å². The average molecular weight is 486 g/mol. The number of carboxylic acid groups (broad SMARTS) is 2. The number of hydrogen-bond donors (Lipinski definition) is 2. The van der Waals surface area contributed by atoms with E-state index in [1.165, 1.54) is 6.08 Å². The predicted molar refractivity (Wildman–Crippen MR) is 117 cm³/mol. The first-order valence-electron chi connectivity index (χ1n) is 8.45. The van der Waals surface area contributed by atoms with E-state index in [2.05, 4.69) is 0 Å². The van der Waals surface area contributed by atoms with Crippen LogP contribution in [0.2, 0.25) is 10.0 Å². The van der Waals surface area contributed by atoms with Crippen LogP contribution in [0.4, 0.5) is 0 Å². The van der Waals surface area contributed by atoms with Crippen LogP contribution in [0.3, 0.4) is 0 Å². The SMILES string of the molecule is O=C(O)CCC(C(=O)O)N1C(=O)/C(=C\c2ccc(-c3cccc(Cl)c3Cl)o2)SC1=S. The number of rotatable bonds is 7. The molecule has 11 heteroatoms. The number of amides is 1. The summed E-state index contributed by atoms with van der Waals surface area (Å²) < 4.78 is 5.77. The van der Waals surface area contributed by atoms with Crippen LogP contribution >= 0.6 is 47.2 Å². The standard InChI is InChI=1S/C19H13Cl2NO6S2/c20-11-3-1-2-10(16(11)21)13-6-4-9(28-13)8-14-17(25)22(19(29)30-14)12(18(26)27)5-7-15(23)24/h1-4,6,8,12H,5,7H2,(H,23,24)(H,26,27)/b14-8+. The van der Waals surface area contributed by atoms with E-state index in [9.17, 15) is 19.5 Å². The lowest BCUT2D eigenvalue weighted by atomic mass is 10.1. The quantitative estimate of drug-likeness (QED) is 0.426. The van der Waals surface area contributed by atoms with Crippen LogP contribution in [-0.2, 0) is 14.4 Å². The maximum absolute atomic E-state index is 12.7. The van der Waals surface area contributed by atoms with Gasteiger partial charge < -0.3 is 14.6 Å². The Morgan fingerprint density at radius 1 is 1.23 bits per heavy atom. The summed E-state index contributed by atoms with van der Waals surface area (Å²) in [7, 11) is 0. The molecule has 0 radical (unpaired) electrons. The molecule has 0 bridgehead atoms. The molecule has 0 saturated carbocycles. The first kappa shape index (κ1) is 22.4. The molecule has 0 aliphatic carbocycles. The van der Waals surface area contributed by atoms with E-state index in [0.29, 0.717) is 27.1 Å². The van der Waals surface area contributed by atoms with Crippen LogP contribution in [0, 0.1) is 0 Å². The van der Waals surface area contributed by atoms with Crippen molar-refractivity contribution in [2.24, 2.45) is 0 Å². The molecule has 1 aromatic heterocycles. The van der Waals surface area contributed by atoms with Crippen molar-refractivity contribution in [2.45, 2.75) is 18.9 Å². The molecular weight excluding hydrogens is 473 g/mol. The second kappa shape index (κ2) is 9.22. The molecule has 30 heavy (non-hydrogen) atoms. The van der Waals surface area contributed by atoms with Gasteiger partial charge in [-0.1, -0.05) is 53.2 Å². The zero-order valence-electron chi connectivity index (χ0n) is 15.0. The van der Waals surface area contributed by atoms with Crippen LogP contribution in [-0.4, -0.2) is 43.3 Å². The summed E-state index contributed by atoms with van der Waals surface area (Å²) >= 11 is 18.3. The summed E-state index contributed by atoms with van der Waals surface area (Å²) in [4.78, 5) is 36.2. The number of benzene rings is 1. The normalized spacial score (nSPS) is 16.3. The monoisotopic (exact) mass is 485 g/mol. The molecule has 3 rings (SSSR count). The Labute approximate surface area is 190 Å². The van der Waals surface area contributed by atoms with Crippen molar-refractivity contribution in [3.63, 3.8) is 0 Å². The highest BCUT2D eigenvalue weighted by Crippen LogP contribution is 2.37. The van der Waals surface area contributed by atoms with Gasteiger partial charge in [0.15, 0.2) is 0 Å². The third-order valence-electron chi connectivity index (χ3n) is 4.17. The zero-order valence-corrected chi connectivity index (χ0v) is 18.1. The number of nitrogens with zero attached hydrogens (tertiary/aromatic N) is 1. The molecule has 1 unspecified atom stereocenters. The smallest absolute Gasteiger partial charge is 0.326 e. The molecule has 1 saturated heterocycles. The largest absolute Gasteiger partial charge is 0.481 e. The number of halogens is 2. The second-order valence-corrected chi connectivity index (χ2v) is 8.60.